The number of unbranched alkanes of at least 4 members (excludes halogenated alkanes) is 1. The zero-order chi connectivity index (χ0) is 27.2. The van der Waals surface area contributed by atoms with E-state index < -0.39 is 8.07 Å². The Morgan fingerprint density at radius 1 is 1.11 bits per heavy atom. The maximum atomic E-state index is 12.8. The van der Waals surface area contributed by atoms with Crippen LogP contribution in [0.3, 0.4) is 0 Å². The highest BCUT2D eigenvalue weighted by Gasteiger charge is 2.41. The van der Waals surface area contributed by atoms with Crippen LogP contribution in [0.25, 0.3) is 11.0 Å². The monoisotopic (exact) mass is 520 g/mol. The molecule has 3 N–H and O–H groups in total. The molecule has 198 valence electrons. The van der Waals surface area contributed by atoms with Crippen LogP contribution in [0.1, 0.15) is 65.5 Å². The van der Waals surface area contributed by atoms with Crippen LogP contribution in [0.15, 0.2) is 35.3 Å². The molecule has 0 aliphatic rings. The highest BCUT2D eigenvalue weighted by molar-refractivity contribution is 6.90. The number of hydrogen-bond acceptors (Lipinski definition) is 6. The molecule has 8 heteroatoms. The fourth-order valence-corrected chi connectivity index (χ4v) is 10.4. The third-order valence-electron chi connectivity index (χ3n) is 7.19. The van der Waals surface area contributed by atoms with Gasteiger partial charge in [0.2, 0.25) is 5.95 Å². The second-order valence-electron chi connectivity index (χ2n) is 10.5. The van der Waals surface area contributed by atoms with Crippen LogP contribution in [0.2, 0.25) is 16.6 Å². The highest BCUT2D eigenvalue weighted by Crippen LogP contribution is 2.41. The molecule has 3 aromatic rings. The Labute approximate surface area is 221 Å². The number of nitrogens with one attached hydrogen (secondary N) is 2. The Balaban J connectivity index is 1.97. The Morgan fingerprint density at radius 3 is 2.46 bits per heavy atom. The molecule has 0 fully saturated rings. The molecule has 1 aromatic carbocycles. The fourth-order valence-electron chi connectivity index (χ4n) is 5.20. The molecule has 0 bridgehead atoms. The third-order valence-corrected chi connectivity index (χ3v) is 13.5. The normalized spacial score (nSPS) is 11.8. The number of rotatable bonds is 10. The summed E-state index contributed by atoms with van der Waals surface area (Å²) in [6, 6.07) is 7.54. The number of fused-ring (bicyclic) bond motifs is 1. The van der Waals surface area contributed by atoms with Gasteiger partial charge >= 0.3 is 0 Å². The van der Waals surface area contributed by atoms with Crippen molar-refractivity contribution in [3.8, 4) is 17.2 Å². The molecule has 7 nitrogen and oxygen atoms in total. The van der Waals surface area contributed by atoms with Gasteiger partial charge in [-0.2, -0.15) is 4.98 Å². The number of pyridine rings is 1. The minimum absolute atomic E-state index is 0.162. The van der Waals surface area contributed by atoms with E-state index in [-0.39, 0.29) is 12.2 Å². The fraction of sp³-hybridized carbons (Fsp3) is 0.483. The van der Waals surface area contributed by atoms with Gasteiger partial charge in [0.15, 0.2) is 0 Å². The molecular formula is C29H40N4O3Si. The number of aliphatic hydroxyl groups is 1. The summed E-state index contributed by atoms with van der Waals surface area (Å²) in [5, 5.41) is 12.9. The molecule has 2 heterocycles. The number of benzene rings is 1. The van der Waals surface area contributed by atoms with Gasteiger partial charge in [0.05, 0.1) is 12.0 Å². The SMILES string of the molecule is Cc1c(C#C[Si](C(C)C)(C(C)C)C(C)C)c2cnc(Nc3cccc(OCCCCO)c3)nc2[nH]c1=O. The molecule has 3 rings (SSSR count). The predicted octanol–water partition coefficient (Wildman–Crippen LogP) is 6.09. The van der Waals surface area contributed by atoms with E-state index in [1.807, 2.05) is 31.2 Å². The van der Waals surface area contributed by atoms with Crippen molar-refractivity contribution in [2.24, 2.45) is 0 Å². The second-order valence-corrected chi connectivity index (χ2v) is 16.1. The van der Waals surface area contributed by atoms with E-state index in [2.05, 4.69) is 73.3 Å². The molecule has 2 aromatic heterocycles. The van der Waals surface area contributed by atoms with Crippen molar-refractivity contribution in [1.82, 2.24) is 15.0 Å². The number of nitrogens with zero attached hydrogens (tertiary/aromatic N) is 2. The van der Waals surface area contributed by atoms with Gasteiger partial charge in [-0.3, -0.25) is 4.79 Å². The van der Waals surface area contributed by atoms with Gasteiger partial charge in [-0.15, -0.1) is 5.54 Å². The van der Waals surface area contributed by atoms with Crippen LogP contribution >= 0.6 is 0 Å². The smallest absolute Gasteiger partial charge is 0.253 e. The van der Waals surface area contributed by atoms with E-state index in [4.69, 9.17) is 9.84 Å². The number of aromatic nitrogens is 3. The molecule has 0 saturated heterocycles. The van der Waals surface area contributed by atoms with Crippen LogP contribution in [0, 0.1) is 18.4 Å². The summed E-state index contributed by atoms with van der Waals surface area (Å²) in [7, 11) is -1.97. The number of H-pyrrole nitrogens is 1. The number of anilines is 2. The summed E-state index contributed by atoms with van der Waals surface area (Å²) in [5.74, 6) is 4.54. The van der Waals surface area contributed by atoms with E-state index in [1.54, 1.807) is 6.20 Å². The van der Waals surface area contributed by atoms with Crippen molar-refractivity contribution in [3.05, 3.63) is 51.9 Å². The molecule has 0 unspecified atom stereocenters. The molecule has 0 aliphatic carbocycles. The number of aromatic amines is 1. The maximum absolute atomic E-state index is 12.8. The van der Waals surface area contributed by atoms with Gasteiger partial charge in [-0.05, 0) is 48.5 Å². The average molecular weight is 521 g/mol. The first-order valence-corrected chi connectivity index (χ1v) is 15.4. The van der Waals surface area contributed by atoms with Crippen LogP contribution in [0.5, 0.6) is 5.75 Å². The van der Waals surface area contributed by atoms with Crippen LogP contribution < -0.4 is 15.6 Å². The zero-order valence-corrected chi connectivity index (χ0v) is 24.1. The summed E-state index contributed by atoms with van der Waals surface area (Å²) in [6.45, 7) is 16.2. The summed E-state index contributed by atoms with van der Waals surface area (Å²) < 4.78 is 5.75. The van der Waals surface area contributed by atoms with Crippen molar-refractivity contribution in [2.75, 3.05) is 18.5 Å². The lowest BCUT2D eigenvalue weighted by Crippen LogP contribution is -2.43. The van der Waals surface area contributed by atoms with Gasteiger partial charge < -0.3 is 20.1 Å². The summed E-state index contributed by atoms with van der Waals surface area (Å²) in [5.41, 5.74) is 7.56. The first-order valence-electron chi connectivity index (χ1n) is 13.1. The van der Waals surface area contributed by atoms with E-state index in [0.717, 1.165) is 23.2 Å². The Hall–Kier alpha value is -3.15. The number of aliphatic hydroxyl groups excluding tert-OH is 1. The molecule has 0 amide bonds. The van der Waals surface area contributed by atoms with Crippen LogP contribution in [0.4, 0.5) is 11.6 Å². The summed E-state index contributed by atoms with van der Waals surface area (Å²) in [4.78, 5) is 24.8. The third kappa shape index (κ3) is 6.41. The van der Waals surface area contributed by atoms with Crippen molar-refractivity contribution in [3.63, 3.8) is 0 Å². The quantitative estimate of drug-likeness (QED) is 0.170. The standard InChI is InChI=1S/C29H40N4O3Si/c1-19(2)37(20(3)4,21(5)6)16-13-25-22(7)28(35)32-27-26(25)18-30-29(33-27)31-23-11-10-12-24(17-23)36-15-9-8-14-34/h10-12,17-21,34H,8-9,14-15H2,1-7H3,(H2,30,31,32,33,35). The first kappa shape index (κ1) is 28.4. The predicted molar refractivity (Wildman–Crippen MR) is 154 cm³/mol. The summed E-state index contributed by atoms with van der Waals surface area (Å²) >= 11 is 0. The van der Waals surface area contributed by atoms with Gasteiger partial charge in [-0.25, -0.2) is 4.98 Å². The van der Waals surface area contributed by atoms with Gasteiger partial charge in [0, 0.05) is 35.7 Å². The molecular weight excluding hydrogens is 480 g/mol. The largest absolute Gasteiger partial charge is 0.494 e. The molecule has 0 saturated carbocycles. The zero-order valence-electron chi connectivity index (χ0n) is 23.1. The highest BCUT2D eigenvalue weighted by atomic mass is 28.3. The molecule has 37 heavy (non-hydrogen) atoms. The van der Waals surface area contributed by atoms with Crippen LogP contribution in [-0.4, -0.2) is 41.3 Å². The topological polar surface area (TPSA) is 100 Å². The lowest BCUT2D eigenvalue weighted by molar-refractivity contribution is 0.253. The first-order chi connectivity index (χ1) is 17.6. The maximum Gasteiger partial charge on any atom is 0.253 e. The van der Waals surface area contributed by atoms with Gasteiger partial charge in [0.25, 0.3) is 5.56 Å². The average Bonchev–Trinajstić information content (AvgIpc) is 2.84. The molecule has 0 aliphatic heterocycles. The Kier molecular flexibility index (Phi) is 9.52. The van der Waals surface area contributed by atoms with Crippen molar-refractivity contribution in [2.45, 2.75) is 77.9 Å². The van der Waals surface area contributed by atoms with Crippen molar-refractivity contribution in [1.29, 1.82) is 0 Å². The van der Waals surface area contributed by atoms with Crippen LogP contribution in [-0.2, 0) is 0 Å². The summed E-state index contributed by atoms with van der Waals surface area (Å²) in [6.07, 6.45) is 3.23. The molecule has 0 atom stereocenters. The second kappa shape index (κ2) is 12.4. The lowest BCUT2D eigenvalue weighted by Gasteiger charge is -2.38. The minimum atomic E-state index is -1.97. The minimum Gasteiger partial charge on any atom is -0.494 e. The Morgan fingerprint density at radius 2 is 1.81 bits per heavy atom. The van der Waals surface area contributed by atoms with E-state index in [9.17, 15) is 4.79 Å². The van der Waals surface area contributed by atoms with E-state index in [0.29, 0.717) is 52.4 Å². The molecule has 0 radical (unpaired) electrons. The molecule has 0 spiro atoms. The van der Waals surface area contributed by atoms with Crippen molar-refractivity contribution < 1.29 is 9.84 Å². The van der Waals surface area contributed by atoms with E-state index >= 15 is 0 Å². The lowest BCUT2D eigenvalue weighted by atomic mass is 10.1. The Bertz CT molecular complexity index is 1320. The number of hydrogen-bond donors (Lipinski definition) is 3. The number of ether oxygens (including phenoxy) is 1. The van der Waals surface area contributed by atoms with Gasteiger partial charge in [-0.1, -0.05) is 53.5 Å². The van der Waals surface area contributed by atoms with Crippen molar-refractivity contribution >= 4 is 30.7 Å². The van der Waals surface area contributed by atoms with E-state index in [1.165, 1.54) is 0 Å². The van der Waals surface area contributed by atoms with Gasteiger partial charge in [0.1, 0.15) is 19.5 Å².